The number of rotatable bonds is 7. The van der Waals surface area contributed by atoms with E-state index in [-0.39, 0.29) is 0 Å². The van der Waals surface area contributed by atoms with Gasteiger partial charge in [-0.15, -0.1) is 0 Å². The lowest BCUT2D eigenvalue weighted by molar-refractivity contribution is 0.148. The number of hydrogen-bond donors (Lipinski definition) is 2. The molecule has 6 nitrogen and oxygen atoms in total. The van der Waals surface area contributed by atoms with Crippen LogP contribution < -0.4 is 5.32 Å². The normalized spacial score (nSPS) is 14.7. The van der Waals surface area contributed by atoms with Crippen LogP contribution in [0.4, 0.5) is 11.4 Å². The van der Waals surface area contributed by atoms with Gasteiger partial charge in [0.2, 0.25) is 0 Å². The Bertz CT molecular complexity index is 1390. The zero-order valence-corrected chi connectivity index (χ0v) is 21.4. The molecule has 36 heavy (non-hydrogen) atoms. The molecule has 4 aromatic rings. The van der Waals surface area contributed by atoms with Gasteiger partial charge in [-0.2, -0.15) is 5.26 Å². The minimum absolute atomic E-state index is 0.576. The molecule has 2 N–H and O–H groups in total. The monoisotopic (exact) mass is 478 g/mol. The van der Waals surface area contributed by atoms with Crippen molar-refractivity contribution >= 4 is 22.3 Å². The summed E-state index contributed by atoms with van der Waals surface area (Å²) in [6, 6.07) is 17.6. The molecule has 2 aromatic heterocycles. The smallest absolute Gasteiger partial charge is 0.103 e. The van der Waals surface area contributed by atoms with E-state index in [9.17, 15) is 5.26 Å². The molecule has 0 radical (unpaired) electrons. The van der Waals surface area contributed by atoms with Crippen molar-refractivity contribution in [3.05, 3.63) is 88.4 Å². The van der Waals surface area contributed by atoms with Gasteiger partial charge in [-0.05, 0) is 74.2 Å². The van der Waals surface area contributed by atoms with Crippen LogP contribution in [0.5, 0.6) is 0 Å². The molecule has 0 bridgehead atoms. The van der Waals surface area contributed by atoms with Crippen LogP contribution in [0.1, 0.15) is 33.5 Å². The molecule has 0 spiro atoms. The van der Waals surface area contributed by atoms with Gasteiger partial charge < -0.3 is 15.2 Å². The fraction of sp³-hybridized carbons (Fsp3) is 0.333. The van der Waals surface area contributed by atoms with Crippen LogP contribution in [0.2, 0.25) is 0 Å². The Kier molecular flexibility index (Phi) is 7.04. The molecule has 2 aromatic carbocycles. The second-order valence-corrected chi connectivity index (χ2v) is 9.92. The molecule has 0 unspecified atom stereocenters. The summed E-state index contributed by atoms with van der Waals surface area (Å²) >= 11 is 0. The lowest BCUT2D eigenvalue weighted by Gasteiger charge is -2.32. The summed E-state index contributed by atoms with van der Waals surface area (Å²) < 4.78 is 0. The number of pyridine rings is 1. The zero-order valence-electron chi connectivity index (χ0n) is 21.4. The standard InChI is InChI=1S/C30H34N6/c1-21-26-12-13-32-29(26)11-10-28(21)34-30-25(18-31)19-33-22(2)27(30)9-8-23-4-6-24(7-5-23)20-36-16-14-35(3)15-17-36/h4-7,10-13,19,32H,8-9,14-17,20H2,1-3H3,(H,33,34). The number of H-pyrrole nitrogens is 1. The topological polar surface area (TPSA) is 71.0 Å². The van der Waals surface area contributed by atoms with Crippen molar-refractivity contribution in [3.8, 4) is 6.07 Å². The number of piperazine rings is 1. The molecule has 0 saturated carbocycles. The predicted molar refractivity (Wildman–Crippen MR) is 147 cm³/mol. The van der Waals surface area contributed by atoms with Crippen molar-refractivity contribution in [1.29, 1.82) is 5.26 Å². The fourth-order valence-electron chi connectivity index (χ4n) is 5.08. The average molecular weight is 479 g/mol. The molecular weight excluding hydrogens is 444 g/mol. The number of anilines is 2. The lowest BCUT2D eigenvalue weighted by Crippen LogP contribution is -2.43. The van der Waals surface area contributed by atoms with Crippen molar-refractivity contribution in [2.75, 3.05) is 38.5 Å². The Balaban J connectivity index is 1.32. The van der Waals surface area contributed by atoms with Gasteiger partial charge in [-0.3, -0.25) is 9.88 Å². The Morgan fingerprint density at radius 1 is 0.972 bits per heavy atom. The average Bonchev–Trinajstić information content (AvgIpc) is 3.37. The fourth-order valence-corrected chi connectivity index (χ4v) is 5.08. The Morgan fingerprint density at radius 3 is 2.47 bits per heavy atom. The molecule has 0 atom stereocenters. The summed E-state index contributed by atoms with van der Waals surface area (Å²) in [6.45, 7) is 9.70. The van der Waals surface area contributed by atoms with Gasteiger partial charge in [-0.25, -0.2) is 0 Å². The van der Waals surface area contributed by atoms with E-state index in [2.05, 4.69) is 87.6 Å². The molecule has 184 valence electrons. The van der Waals surface area contributed by atoms with E-state index in [1.165, 1.54) is 16.5 Å². The molecule has 1 aliphatic heterocycles. The maximum atomic E-state index is 9.84. The van der Waals surface area contributed by atoms with Gasteiger partial charge in [0.1, 0.15) is 6.07 Å². The number of aryl methyl sites for hydroxylation is 3. The molecule has 1 aliphatic rings. The summed E-state index contributed by atoms with van der Waals surface area (Å²) in [4.78, 5) is 12.7. The molecule has 5 rings (SSSR count). The van der Waals surface area contributed by atoms with E-state index in [1.54, 1.807) is 6.20 Å². The van der Waals surface area contributed by atoms with Crippen LogP contribution in [-0.2, 0) is 19.4 Å². The Morgan fingerprint density at radius 2 is 1.72 bits per heavy atom. The minimum Gasteiger partial charge on any atom is -0.361 e. The van der Waals surface area contributed by atoms with Gasteiger partial charge >= 0.3 is 0 Å². The van der Waals surface area contributed by atoms with E-state index >= 15 is 0 Å². The van der Waals surface area contributed by atoms with Crippen LogP contribution in [-0.4, -0.2) is 53.0 Å². The molecule has 0 amide bonds. The molecule has 0 aliphatic carbocycles. The summed E-state index contributed by atoms with van der Waals surface area (Å²) in [7, 11) is 2.19. The van der Waals surface area contributed by atoms with Crippen molar-refractivity contribution in [2.24, 2.45) is 0 Å². The number of nitriles is 1. The van der Waals surface area contributed by atoms with Gasteiger partial charge in [0.25, 0.3) is 0 Å². The van der Waals surface area contributed by atoms with Gasteiger partial charge in [0.15, 0.2) is 0 Å². The second-order valence-electron chi connectivity index (χ2n) is 9.92. The summed E-state index contributed by atoms with van der Waals surface area (Å²) in [5.41, 5.74) is 9.46. The highest BCUT2D eigenvalue weighted by Gasteiger charge is 2.16. The van der Waals surface area contributed by atoms with Crippen molar-refractivity contribution in [2.45, 2.75) is 33.2 Å². The molecule has 1 fully saturated rings. The first-order valence-corrected chi connectivity index (χ1v) is 12.7. The van der Waals surface area contributed by atoms with Crippen molar-refractivity contribution < 1.29 is 0 Å². The minimum atomic E-state index is 0.576. The first-order chi connectivity index (χ1) is 17.5. The first-order valence-electron chi connectivity index (χ1n) is 12.7. The third-order valence-electron chi connectivity index (χ3n) is 7.47. The number of benzene rings is 2. The van der Waals surface area contributed by atoms with Crippen LogP contribution in [0.3, 0.4) is 0 Å². The first kappa shape index (κ1) is 24.1. The molecule has 3 heterocycles. The molecule has 6 heteroatoms. The SMILES string of the molecule is Cc1ncc(C#N)c(Nc2ccc3[nH]ccc3c2C)c1CCc1ccc(CN2CCN(C)CC2)cc1. The van der Waals surface area contributed by atoms with E-state index < -0.39 is 0 Å². The highest BCUT2D eigenvalue weighted by Crippen LogP contribution is 2.32. The van der Waals surface area contributed by atoms with Crippen LogP contribution in [0.25, 0.3) is 10.9 Å². The van der Waals surface area contributed by atoms with Crippen molar-refractivity contribution in [3.63, 3.8) is 0 Å². The summed E-state index contributed by atoms with van der Waals surface area (Å²) in [5, 5.41) is 14.6. The largest absolute Gasteiger partial charge is 0.361 e. The number of nitrogens with zero attached hydrogens (tertiary/aromatic N) is 4. The Labute approximate surface area is 213 Å². The van der Waals surface area contributed by atoms with Crippen LogP contribution >= 0.6 is 0 Å². The van der Waals surface area contributed by atoms with E-state index in [0.29, 0.717) is 5.56 Å². The number of aromatic amines is 1. The highest BCUT2D eigenvalue weighted by atomic mass is 15.2. The maximum absolute atomic E-state index is 9.84. The van der Waals surface area contributed by atoms with E-state index in [0.717, 1.165) is 79.3 Å². The number of fused-ring (bicyclic) bond motifs is 1. The van der Waals surface area contributed by atoms with Gasteiger partial charge in [0, 0.05) is 67.4 Å². The van der Waals surface area contributed by atoms with E-state index in [4.69, 9.17) is 0 Å². The van der Waals surface area contributed by atoms with Crippen molar-refractivity contribution in [1.82, 2.24) is 19.8 Å². The lowest BCUT2D eigenvalue weighted by atomic mass is 9.98. The molecular formula is C30H34N6. The Hall–Kier alpha value is -3.66. The van der Waals surface area contributed by atoms with Gasteiger partial charge in [-0.1, -0.05) is 24.3 Å². The van der Waals surface area contributed by atoms with E-state index in [1.807, 2.05) is 13.1 Å². The highest BCUT2D eigenvalue weighted by molar-refractivity contribution is 5.89. The van der Waals surface area contributed by atoms with Crippen LogP contribution in [0.15, 0.2) is 54.9 Å². The predicted octanol–water partition coefficient (Wildman–Crippen LogP) is 5.33. The second kappa shape index (κ2) is 10.5. The third-order valence-corrected chi connectivity index (χ3v) is 7.47. The molecule has 1 saturated heterocycles. The maximum Gasteiger partial charge on any atom is 0.103 e. The number of nitrogens with one attached hydrogen (secondary N) is 2. The summed E-state index contributed by atoms with van der Waals surface area (Å²) in [6.07, 6.45) is 5.36. The quantitative estimate of drug-likeness (QED) is 0.376. The summed E-state index contributed by atoms with van der Waals surface area (Å²) in [5.74, 6) is 0. The van der Waals surface area contributed by atoms with Gasteiger partial charge in [0.05, 0.1) is 11.3 Å². The third kappa shape index (κ3) is 5.13. The number of hydrogen-bond acceptors (Lipinski definition) is 5. The number of likely N-dealkylation sites (N-methyl/N-ethyl adjacent to an activating group) is 1. The number of aromatic nitrogens is 2. The zero-order chi connectivity index (χ0) is 25.1. The van der Waals surface area contributed by atoms with Crippen LogP contribution in [0, 0.1) is 25.2 Å².